The highest BCUT2D eigenvalue weighted by Gasteiger charge is 2.21. The lowest BCUT2D eigenvalue weighted by Crippen LogP contribution is -1.97. The maximum absolute atomic E-state index is 13.3. The van der Waals surface area contributed by atoms with E-state index < -0.39 is 17.3 Å². The van der Waals surface area contributed by atoms with Crippen LogP contribution in [0.2, 0.25) is 0 Å². The molecule has 0 saturated heterocycles. The van der Waals surface area contributed by atoms with E-state index in [-0.39, 0.29) is 0 Å². The molecule has 2 heterocycles. The summed E-state index contributed by atoms with van der Waals surface area (Å²) in [5, 5.41) is 0. The molecule has 0 unspecified atom stereocenters. The van der Waals surface area contributed by atoms with Gasteiger partial charge in [0.05, 0.1) is 11.3 Å². The molecule has 0 spiro atoms. The first kappa shape index (κ1) is 16.0. The molecule has 6 heteroatoms. The normalized spacial score (nSPS) is 10.8. The molecule has 0 aliphatic heterocycles. The van der Waals surface area contributed by atoms with E-state index in [4.69, 9.17) is 4.52 Å². The van der Waals surface area contributed by atoms with Crippen LogP contribution in [0.3, 0.4) is 0 Å². The smallest absolute Gasteiger partial charge is 0.330 e. The average Bonchev–Trinajstić information content (AvgIpc) is 3.01. The zero-order valence-electron chi connectivity index (χ0n) is 13.4. The molecule has 0 fully saturated rings. The maximum Gasteiger partial charge on any atom is 0.366 e. The monoisotopic (exact) mass is 350 g/mol. The zero-order valence-corrected chi connectivity index (χ0v) is 13.4. The molecule has 2 aromatic heterocycles. The Hall–Kier alpha value is -3.54. The Kier molecular flexibility index (Phi) is 3.93. The van der Waals surface area contributed by atoms with Gasteiger partial charge < -0.3 is 4.52 Å². The van der Waals surface area contributed by atoms with Gasteiger partial charge in [-0.05, 0) is 54.1 Å². The van der Waals surface area contributed by atoms with Gasteiger partial charge in [-0.2, -0.15) is 4.74 Å². The van der Waals surface area contributed by atoms with E-state index in [2.05, 4.69) is 4.98 Å². The third-order valence-corrected chi connectivity index (χ3v) is 3.97. The Labute approximate surface area is 146 Å². The summed E-state index contributed by atoms with van der Waals surface area (Å²) >= 11 is 0. The van der Waals surface area contributed by atoms with Crippen LogP contribution < -0.4 is 5.63 Å². The molecular weight excluding hydrogens is 338 g/mol. The highest BCUT2D eigenvalue weighted by molar-refractivity contribution is 5.81. The van der Waals surface area contributed by atoms with E-state index in [0.717, 1.165) is 0 Å². The van der Waals surface area contributed by atoms with Crippen molar-refractivity contribution >= 4 is 0 Å². The summed E-state index contributed by atoms with van der Waals surface area (Å²) in [5.41, 5.74) is 1.90. The van der Waals surface area contributed by atoms with E-state index in [1.165, 1.54) is 53.3 Å². The van der Waals surface area contributed by atoms with Gasteiger partial charge in [-0.1, -0.05) is 12.1 Å². The van der Waals surface area contributed by atoms with Crippen LogP contribution in [0.5, 0.6) is 0 Å². The van der Waals surface area contributed by atoms with Gasteiger partial charge >= 0.3 is 5.63 Å². The molecule has 0 saturated carbocycles. The fraction of sp³-hybridized carbons (Fsp3) is 0. The van der Waals surface area contributed by atoms with Gasteiger partial charge in [-0.15, -0.1) is 0 Å². The first-order chi connectivity index (χ1) is 12.6. The van der Waals surface area contributed by atoms with Gasteiger partial charge in [-0.25, -0.2) is 13.6 Å². The lowest BCUT2D eigenvalue weighted by molar-refractivity contribution is 0.327. The van der Waals surface area contributed by atoms with Crippen LogP contribution in [-0.2, 0) is 0 Å². The van der Waals surface area contributed by atoms with Crippen molar-refractivity contribution in [3.05, 3.63) is 95.1 Å². The quantitative estimate of drug-likeness (QED) is 0.549. The predicted octanol–water partition coefficient (Wildman–Crippen LogP) is 4.44. The maximum atomic E-state index is 13.3. The summed E-state index contributed by atoms with van der Waals surface area (Å²) in [5.74, 6) is -0.797. The summed E-state index contributed by atoms with van der Waals surface area (Å²) in [6, 6.07) is 14.6. The summed E-state index contributed by atoms with van der Waals surface area (Å²) in [6.45, 7) is 0. The summed E-state index contributed by atoms with van der Waals surface area (Å²) < 4.78 is 33.3. The van der Waals surface area contributed by atoms with E-state index in [1.807, 2.05) is 0 Å². The fourth-order valence-corrected chi connectivity index (χ4v) is 2.77. The number of hydrogen-bond donors (Lipinski definition) is 0. The second-order valence-electron chi connectivity index (χ2n) is 5.62. The molecular formula is C20H12F2N2O2. The molecule has 4 nitrogen and oxygen atoms in total. The van der Waals surface area contributed by atoms with Crippen LogP contribution in [0.4, 0.5) is 8.78 Å². The lowest BCUT2D eigenvalue weighted by atomic mass is 10.0. The third kappa shape index (κ3) is 2.82. The van der Waals surface area contributed by atoms with Crippen LogP contribution in [0.25, 0.3) is 28.1 Å². The molecule has 0 bridgehead atoms. The molecule has 4 aromatic rings. The second kappa shape index (κ2) is 6.40. The number of aromatic nitrogens is 2. The van der Waals surface area contributed by atoms with Crippen LogP contribution in [0.15, 0.2) is 82.4 Å². The topological polar surface area (TPSA) is 48.0 Å². The van der Waals surface area contributed by atoms with E-state index in [9.17, 15) is 13.6 Å². The summed E-state index contributed by atoms with van der Waals surface area (Å²) in [4.78, 5) is 16.6. The number of benzene rings is 2. The fourth-order valence-electron chi connectivity index (χ4n) is 2.77. The molecule has 0 atom stereocenters. The molecule has 4 rings (SSSR count). The Morgan fingerprint density at radius 2 is 1.35 bits per heavy atom. The van der Waals surface area contributed by atoms with Crippen molar-refractivity contribution in [2.45, 2.75) is 0 Å². The number of rotatable bonds is 3. The highest BCUT2D eigenvalue weighted by Crippen LogP contribution is 2.32. The number of nitrogens with zero attached hydrogens (tertiary/aromatic N) is 2. The minimum Gasteiger partial charge on any atom is -0.330 e. The number of halogens is 2. The van der Waals surface area contributed by atoms with Crippen LogP contribution in [0.1, 0.15) is 0 Å². The molecule has 0 amide bonds. The van der Waals surface area contributed by atoms with Crippen molar-refractivity contribution in [1.29, 1.82) is 0 Å². The molecule has 26 heavy (non-hydrogen) atoms. The van der Waals surface area contributed by atoms with Crippen LogP contribution in [-0.4, -0.2) is 9.72 Å². The molecule has 0 N–H and O–H groups in total. The standard InChI is InChI=1S/C20H12F2N2O2/c21-15-3-1-13(2-4-15)18-19(14-9-11-23-12-10-14)24(26-20(18)25)17-7-5-16(22)6-8-17/h1-12H. The van der Waals surface area contributed by atoms with Crippen LogP contribution in [0, 0.1) is 11.6 Å². The van der Waals surface area contributed by atoms with Crippen molar-refractivity contribution in [2.75, 3.05) is 0 Å². The highest BCUT2D eigenvalue weighted by atomic mass is 19.1. The molecule has 2 aromatic carbocycles. The van der Waals surface area contributed by atoms with Gasteiger partial charge in [0.2, 0.25) is 0 Å². The second-order valence-corrected chi connectivity index (χ2v) is 5.62. The Morgan fingerprint density at radius 1 is 0.769 bits per heavy atom. The van der Waals surface area contributed by atoms with Crippen molar-refractivity contribution in [1.82, 2.24) is 9.72 Å². The molecule has 128 valence electrons. The Bertz CT molecular complexity index is 1100. The lowest BCUT2D eigenvalue weighted by Gasteiger charge is -2.08. The Morgan fingerprint density at radius 3 is 1.96 bits per heavy atom. The van der Waals surface area contributed by atoms with Gasteiger partial charge in [0.25, 0.3) is 0 Å². The van der Waals surface area contributed by atoms with Gasteiger partial charge in [0.15, 0.2) is 0 Å². The summed E-state index contributed by atoms with van der Waals surface area (Å²) in [6.07, 6.45) is 3.19. The minimum absolute atomic E-state index is 0.292. The minimum atomic E-state index is -0.576. The first-order valence-corrected chi connectivity index (χ1v) is 7.82. The van der Waals surface area contributed by atoms with Crippen molar-refractivity contribution in [2.24, 2.45) is 0 Å². The molecule has 0 aliphatic carbocycles. The largest absolute Gasteiger partial charge is 0.366 e. The van der Waals surface area contributed by atoms with E-state index in [1.54, 1.807) is 24.5 Å². The SMILES string of the molecule is O=c1on(-c2ccc(F)cc2)c(-c2ccncc2)c1-c1ccc(F)cc1. The van der Waals surface area contributed by atoms with Gasteiger partial charge in [0, 0.05) is 18.0 Å². The van der Waals surface area contributed by atoms with Gasteiger partial charge in [-0.3, -0.25) is 4.98 Å². The number of hydrogen-bond acceptors (Lipinski definition) is 3. The molecule has 0 radical (unpaired) electrons. The van der Waals surface area contributed by atoms with E-state index >= 15 is 0 Å². The van der Waals surface area contributed by atoms with Crippen LogP contribution >= 0.6 is 0 Å². The summed E-state index contributed by atoms with van der Waals surface area (Å²) in [7, 11) is 0. The number of pyridine rings is 1. The zero-order chi connectivity index (χ0) is 18.1. The molecule has 0 aliphatic rings. The predicted molar refractivity (Wildman–Crippen MR) is 92.9 cm³/mol. The van der Waals surface area contributed by atoms with Crippen molar-refractivity contribution in [3.8, 4) is 28.1 Å². The Balaban J connectivity index is 2.01. The van der Waals surface area contributed by atoms with E-state index in [0.29, 0.717) is 28.1 Å². The first-order valence-electron chi connectivity index (χ1n) is 7.82. The average molecular weight is 350 g/mol. The van der Waals surface area contributed by atoms with Crippen molar-refractivity contribution in [3.63, 3.8) is 0 Å². The van der Waals surface area contributed by atoms with Crippen molar-refractivity contribution < 1.29 is 13.3 Å². The van der Waals surface area contributed by atoms with Gasteiger partial charge in [0.1, 0.15) is 17.3 Å². The third-order valence-electron chi connectivity index (χ3n) is 3.97.